The summed E-state index contributed by atoms with van der Waals surface area (Å²) < 4.78 is 5.49. The van der Waals surface area contributed by atoms with E-state index in [9.17, 15) is 0 Å². The van der Waals surface area contributed by atoms with Gasteiger partial charge in [-0.25, -0.2) is 4.98 Å². The van der Waals surface area contributed by atoms with Crippen LogP contribution in [-0.4, -0.2) is 27.3 Å². The standard InChI is InChI=1S/C23H20N4O/c1-28-18-9-5-8-17(14-18)23(16-6-3-2-4-7-16)11-10-19-20(15-23)26-27-21(19)22-24-12-13-25-22/h2-14H,15H2,1H3,(H,24,25)(H,26,27). The Morgan fingerprint density at radius 3 is 2.68 bits per heavy atom. The SMILES string of the molecule is COc1cccc(C2(c3ccccc3)C=Cc3c(-c4ncc[nH]4)n[nH]c3C2)c1. The van der Waals surface area contributed by atoms with Crippen LogP contribution in [0.15, 0.2) is 73.1 Å². The molecule has 28 heavy (non-hydrogen) atoms. The first kappa shape index (κ1) is 16.6. The zero-order valence-electron chi connectivity index (χ0n) is 15.5. The van der Waals surface area contributed by atoms with Crippen LogP contribution in [0.25, 0.3) is 17.6 Å². The van der Waals surface area contributed by atoms with Crippen LogP contribution in [0.1, 0.15) is 22.4 Å². The lowest BCUT2D eigenvalue weighted by Crippen LogP contribution is -2.30. The van der Waals surface area contributed by atoms with Crippen molar-refractivity contribution in [1.82, 2.24) is 20.2 Å². The number of aromatic amines is 2. The number of imidazole rings is 1. The number of allylic oxidation sites excluding steroid dienone is 1. The Labute approximate surface area is 163 Å². The molecule has 0 fully saturated rings. The molecule has 1 unspecified atom stereocenters. The van der Waals surface area contributed by atoms with Gasteiger partial charge in [0, 0.05) is 35.5 Å². The molecule has 1 aliphatic carbocycles. The highest BCUT2D eigenvalue weighted by Gasteiger charge is 2.37. The van der Waals surface area contributed by atoms with Crippen LogP contribution in [0.4, 0.5) is 0 Å². The van der Waals surface area contributed by atoms with E-state index in [4.69, 9.17) is 4.74 Å². The van der Waals surface area contributed by atoms with E-state index in [1.54, 1.807) is 13.3 Å². The summed E-state index contributed by atoms with van der Waals surface area (Å²) in [6.07, 6.45) is 8.78. The van der Waals surface area contributed by atoms with Crippen LogP contribution >= 0.6 is 0 Å². The quantitative estimate of drug-likeness (QED) is 0.562. The molecule has 0 bridgehead atoms. The molecule has 5 heteroatoms. The van der Waals surface area contributed by atoms with Crippen molar-refractivity contribution in [2.75, 3.05) is 7.11 Å². The maximum absolute atomic E-state index is 5.49. The van der Waals surface area contributed by atoms with Gasteiger partial charge in [0.25, 0.3) is 0 Å². The average molecular weight is 368 g/mol. The first-order valence-corrected chi connectivity index (χ1v) is 9.26. The summed E-state index contributed by atoms with van der Waals surface area (Å²) in [5.41, 5.74) is 5.16. The molecule has 0 saturated heterocycles. The first-order chi connectivity index (χ1) is 13.8. The van der Waals surface area contributed by atoms with E-state index in [0.29, 0.717) is 0 Å². The predicted octanol–water partition coefficient (Wildman–Crippen LogP) is 4.36. The molecule has 0 radical (unpaired) electrons. The predicted molar refractivity (Wildman–Crippen MR) is 109 cm³/mol. The third-order valence-electron chi connectivity index (χ3n) is 5.47. The number of H-pyrrole nitrogens is 2. The van der Waals surface area contributed by atoms with Crippen LogP contribution in [0, 0.1) is 0 Å². The highest BCUT2D eigenvalue weighted by Crippen LogP contribution is 2.43. The summed E-state index contributed by atoms with van der Waals surface area (Å²) in [4.78, 5) is 7.50. The molecule has 0 spiro atoms. The van der Waals surface area contributed by atoms with E-state index in [0.717, 1.165) is 34.9 Å². The Hall–Kier alpha value is -3.60. The van der Waals surface area contributed by atoms with Gasteiger partial charge in [0.05, 0.1) is 7.11 Å². The molecule has 0 amide bonds. The lowest BCUT2D eigenvalue weighted by Gasteiger charge is -2.34. The molecule has 1 atom stereocenters. The Morgan fingerprint density at radius 1 is 1.04 bits per heavy atom. The molecule has 2 aromatic heterocycles. The largest absolute Gasteiger partial charge is 0.497 e. The number of aromatic nitrogens is 4. The zero-order chi connectivity index (χ0) is 19.0. The third-order valence-corrected chi connectivity index (χ3v) is 5.47. The summed E-state index contributed by atoms with van der Waals surface area (Å²) in [7, 11) is 1.70. The lowest BCUT2D eigenvalue weighted by molar-refractivity contribution is 0.413. The van der Waals surface area contributed by atoms with Gasteiger partial charge in [-0.2, -0.15) is 5.10 Å². The normalized spacial score (nSPS) is 18.0. The van der Waals surface area contributed by atoms with Crippen LogP contribution < -0.4 is 4.74 Å². The summed E-state index contributed by atoms with van der Waals surface area (Å²) in [6.45, 7) is 0. The fourth-order valence-corrected chi connectivity index (χ4v) is 4.04. The average Bonchev–Trinajstić information content (AvgIpc) is 3.43. The van der Waals surface area contributed by atoms with Crippen molar-refractivity contribution in [2.45, 2.75) is 11.8 Å². The maximum atomic E-state index is 5.49. The third kappa shape index (κ3) is 2.55. The van der Waals surface area contributed by atoms with Gasteiger partial charge in [-0.3, -0.25) is 5.10 Å². The van der Waals surface area contributed by atoms with Gasteiger partial charge in [0.1, 0.15) is 11.4 Å². The molecular weight excluding hydrogens is 348 g/mol. The van der Waals surface area contributed by atoms with E-state index in [-0.39, 0.29) is 5.41 Å². The Balaban J connectivity index is 1.67. The number of fused-ring (bicyclic) bond motifs is 1. The number of rotatable bonds is 4. The van der Waals surface area contributed by atoms with E-state index >= 15 is 0 Å². The molecule has 2 aromatic carbocycles. The minimum atomic E-state index is -0.296. The van der Waals surface area contributed by atoms with Gasteiger partial charge in [-0.15, -0.1) is 0 Å². The van der Waals surface area contributed by atoms with E-state index in [1.807, 2.05) is 24.4 Å². The maximum Gasteiger partial charge on any atom is 0.158 e. The number of hydrogen-bond acceptors (Lipinski definition) is 3. The minimum absolute atomic E-state index is 0.296. The van der Waals surface area contributed by atoms with Crippen LogP contribution in [-0.2, 0) is 11.8 Å². The van der Waals surface area contributed by atoms with E-state index in [2.05, 4.69) is 68.7 Å². The lowest BCUT2D eigenvalue weighted by atomic mass is 9.68. The summed E-state index contributed by atoms with van der Waals surface area (Å²) in [6, 6.07) is 18.9. The Morgan fingerprint density at radius 2 is 1.89 bits per heavy atom. The zero-order valence-corrected chi connectivity index (χ0v) is 15.5. The second kappa shape index (κ2) is 6.53. The highest BCUT2D eigenvalue weighted by molar-refractivity contribution is 5.73. The minimum Gasteiger partial charge on any atom is -0.497 e. The van der Waals surface area contributed by atoms with Gasteiger partial charge in [-0.05, 0) is 23.3 Å². The van der Waals surface area contributed by atoms with Crippen LogP contribution in [0.5, 0.6) is 5.75 Å². The summed E-state index contributed by atoms with van der Waals surface area (Å²) >= 11 is 0. The number of nitrogens with zero attached hydrogens (tertiary/aromatic N) is 2. The van der Waals surface area contributed by atoms with Crippen LogP contribution in [0.3, 0.4) is 0 Å². The highest BCUT2D eigenvalue weighted by atomic mass is 16.5. The number of hydrogen-bond donors (Lipinski definition) is 2. The van der Waals surface area contributed by atoms with Crippen molar-refractivity contribution >= 4 is 6.08 Å². The molecule has 0 aliphatic heterocycles. The van der Waals surface area contributed by atoms with Crippen molar-refractivity contribution in [3.8, 4) is 17.3 Å². The van der Waals surface area contributed by atoms with E-state index < -0.39 is 0 Å². The van der Waals surface area contributed by atoms with Gasteiger partial charge < -0.3 is 9.72 Å². The van der Waals surface area contributed by atoms with E-state index in [1.165, 1.54) is 11.1 Å². The topological polar surface area (TPSA) is 66.6 Å². The Bertz CT molecular complexity index is 1130. The first-order valence-electron chi connectivity index (χ1n) is 9.26. The molecule has 4 aromatic rings. The smallest absolute Gasteiger partial charge is 0.158 e. The molecule has 2 N–H and O–H groups in total. The molecule has 5 rings (SSSR count). The van der Waals surface area contributed by atoms with Crippen molar-refractivity contribution < 1.29 is 4.74 Å². The van der Waals surface area contributed by atoms with Crippen molar-refractivity contribution in [3.63, 3.8) is 0 Å². The molecule has 5 nitrogen and oxygen atoms in total. The number of ether oxygens (including phenoxy) is 1. The Kier molecular flexibility index (Phi) is 3.86. The van der Waals surface area contributed by atoms with Crippen LogP contribution in [0.2, 0.25) is 0 Å². The second-order valence-electron chi connectivity index (χ2n) is 6.98. The fourth-order valence-electron chi connectivity index (χ4n) is 4.04. The van der Waals surface area contributed by atoms with Gasteiger partial charge in [-0.1, -0.05) is 54.6 Å². The summed E-state index contributed by atoms with van der Waals surface area (Å²) in [5.74, 6) is 1.63. The second-order valence-corrected chi connectivity index (χ2v) is 6.98. The molecule has 2 heterocycles. The monoisotopic (exact) mass is 368 g/mol. The van der Waals surface area contributed by atoms with Crippen molar-refractivity contribution in [1.29, 1.82) is 0 Å². The number of nitrogens with one attached hydrogen (secondary N) is 2. The van der Waals surface area contributed by atoms with Gasteiger partial charge >= 0.3 is 0 Å². The van der Waals surface area contributed by atoms with Gasteiger partial charge in [0.2, 0.25) is 0 Å². The number of benzene rings is 2. The summed E-state index contributed by atoms with van der Waals surface area (Å²) in [5, 5.41) is 7.78. The molecule has 1 aliphatic rings. The molecule has 138 valence electrons. The molecule has 0 saturated carbocycles. The van der Waals surface area contributed by atoms with Crippen molar-refractivity contribution in [3.05, 3.63) is 95.5 Å². The number of methoxy groups -OCH3 is 1. The fraction of sp³-hybridized carbons (Fsp3) is 0.130. The van der Waals surface area contributed by atoms with Crippen molar-refractivity contribution in [2.24, 2.45) is 0 Å². The molecular formula is C23H20N4O. The van der Waals surface area contributed by atoms with Gasteiger partial charge in [0.15, 0.2) is 5.82 Å².